The van der Waals surface area contributed by atoms with E-state index in [0.717, 1.165) is 25.0 Å². The molecule has 0 saturated carbocycles. The van der Waals surface area contributed by atoms with Crippen molar-refractivity contribution < 1.29 is 5.11 Å². The van der Waals surface area contributed by atoms with E-state index in [1.807, 2.05) is 0 Å². The molecule has 1 aromatic carbocycles. The number of rotatable bonds is 8. The Morgan fingerprint density at radius 2 is 1.89 bits per heavy atom. The molecule has 0 aliphatic heterocycles. The maximum Gasteiger partial charge on any atom is 0.124 e. The number of benzene rings is 1. The second kappa shape index (κ2) is 10.2. The Balaban J connectivity index is 2.97. The van der Waals surface area contributed by atoms with Crippen LogP contribution < -0.4 is 5.32 Å². The lowest BCUT2D eigenvalue weighted by atomic mass is 9.83. The Bertz CT molecular complexity index is 717. The van der Waals surface area contributed by atoms with Gasteiger partial charge in [-0.15, -0.1) is 0 Å². The third kappa shape index (κ3) is 6.79. The van der Waals surface area contributed by atoms with Gasteiger partial charge in [-0.3, -0.25) is 0 Å². The van der Waals surface area contributed by atoms with Crippen molar-refractivity contribution in [2.24, 2.45) is 11.3 Å². The Kier molecular flexibility index (Phi) is 8.63. The number of phenolic OH excluding ortho intramolecular Hbond substituents is 1. The minimum Gasteiger partial charge on any atom is -0.507 e. The molecular formula is C24H36N2O. The van der Waals surface area contributed by atoms with Crippen molar-refractivity contribution in [3.05, 3.63) is 47.1 Å². The molecule has 1 unspecified atom stereocenters. The molecule has 2 atom stereocenters. The second-order valence-electron chi connectivity index (χ2n) is 8.35. The van der Waals surface area contributed by atoms with E-state index in [2.05, 4.69) is 72.0 Å². The molecule has 148 valence electrons. The number of nitriles is 1. The minimum absolute atomic E-state index is 0.196. The van der Waals surface area contributed by atoms with Crippen LogP contribution in [0.15, 0.2) is 35.9 Å². The van der Waals surface area contributed by atoms with Gasteiger partial charge >= 0.3 is 0 Å². The van der Waals surface area contributed by atoms with Gasteiger partial charge in [0.15, 0.2) is 0 Å². The third-order valence-corrected chi connectivity index (χ3v) is 5.14. The topological polar surface area (TPSA) is 56.0 Å². The molecule has 0 aliphatic rings. The Labute approximate surface area is 165 Å². The van der Waals surface area contributed by atoms with Crippen LogP contribution in [0, 0.1) is 22.7 Å². The summed E-state index contributed by atoms with van der Waals surface area (Å²) in [6.07, 6.45) is 7.40. The highest BCUT2D eigenvalue weighted by Crippen LogP contribution is 2.30. The zero-order valence-electron chi connectivity index (χ0n) is 18.1. The van der Waals surface area contributed by atoms with Crippen molar-refractivity contribution in [1.29, 1.82) is 5.26 Å². The largest absolute Gasteiger partial charge is 0.507 e. The molecule has 0 radical (unpaired) electrons. The highest BCUT2D eigenvalue weighted by atomic mass is 16.3. The first kappa shape index (κ1) is 22.8. The molecule has 27 heavy (non-hydrogen) atoms. The Morgan fingerprint density at radius 3 is 2.41 bits per heavy atom. The number of phenols is 1. The summed E-state index contributed by atoms with van der Waals surface area (Å²) in [5.41, 5.74) is 3.83. The first-order valence-corrected chi connectivity index (χ1v) is 10.0. The standard InChI is InChI=1S/C24H36N2O/c1-8-10-22(21-15-19(16-25)12-14-23(21)27)26-18(4)17(3)11-13-20(9-2)24(5,6)7/h10,12-15,17-18,26-27H,8-9,11H2,1-7H3/b20-13+,22-10-/t17-,18?/m0/s1. The van der Waals surface area contributed by atoms with E-state index in [1.54, 1.807) is 18.2 Å². The predicted molar refractivity (Wildman–Crippen MR) is 115 cm³/mol. The van der Waals surface area contributed by atoms with Crippen LogP contribution in [0.1, 0.15) is 78.9 Å². The van der Waals surface area contributed by atoms with Crippen molar-refractivity contribution in [3.8, 4) is 11.8 Å². The van der Waals surface area contributed by atoms with E-state index < -0.39 is 0 Å². The van der Waals surface area contributed by atoms with Gasteiger partial charge in [0.2, 0.25) is 0 Å². The van der Waals surface area contributed by atoms with Crippen LogP contribution in [0.25, 0.3) is 5.70 Å². The quantitative estimate of drug-likeness (QED) is 0.522. The molecule has 0 aromatic heterocycles. The average molecular weight is 369 g/mol. The number of hydrogen-bond acceptors (Lipinski definition) is 3. The lowest BCUT2D eigenvalue weighted by molar-refractivity contribution is 0.435. The van der Waals surface area contributed by atoms with Gasteiger partial charge in [-0.1, -0.05) is 59.3 Å². The van der Waals surface area contributed by atoms with Crippen molar-refractivity contribution in [1.82, 2.24) is 5.32 Å². The number of hydrogen-bond donors (Lipinski definition) is 2. The first-order chi connectivity index (χ1) is 12.6. The molecule has 0 saturated heterocycles. The monoisotopic (exact) mass is 368 g/mol. The van der Waals surface area contributed by atoms with E-state index >= 15 is 0 Å². The summed E-state index contributed by atoms with van der Waals surface area (Å²) in [6, 6.07) is 7.36. The smallest absolute Gasteiger partial charge is 0.124 e. The molecule has 0 heterocycles. The lowest BCUT2D eigenvalue weighted by Gasteiger charge is -2.26. The average Bonchev–Trinajstić information content (AvgIpc) is 2.60. The van der Waals surface area contributed by atoms with E-state index in [-0.39, 0.29) is 17.2 Å². The van der Waals surface area contributed by atoms with Crippen molar-refractivity contribution in [2.45, 2.75) is 73.8 Å². The van der Waals surface area contributed by atoms with Crippen LogP contribution in [0.5, 0.6) is 5.75 Å². The highest BCUT2D eigenvalue weighted by Gasteiger charge is 2.18. The molecule has 3 heteroatoms. The summed E-state index contributed by atoms with van der Waals surface area (Å²) in [5.74, 6) is 0.636. The Hall–Kier alpha value is -2.21. The fourth-order valence-electron chi connectivity index (χ4n) is 3.17. The van der Waals surface area contributed by atoms with E-state index in [1.165, 1.54) is 5.57 Å². The number of nitrogens with one attached hydrogen (secondary N) is 1. The summed E-state index contributed by atoms with van der Waals surface area (Å²) >= 11 is 0. The van der Waals surface area contributed by atoms with Crippen LogP contribution >= 0.6 is 0 Å². The van der Waals surface area contributed by atoms with E-state index in [9.17, 15) is 5.11 Å². The normalized spacial score (nSPS) is 15.2. The number of nitrogens with zero attached hydrogens (tertiary/aromatic N) is 1. The molecule has 0 bridgehead atoms. The van der Waals surface area contributed by atoms with Crippen molar-refractivity contribution in [2.75, 3.05) is 0 Å². The lowest BCUT2D eigenvalue weighted by Crippen LogP contribution is -2.31. The molecule has 3 nitrogen and oxygen atoms in total. The third-order valence-electron chi connectivity index (χ3n) is 5.14. The van der Waals surface area contributed by atoms with Crippen LogP contribution in [-0.2, 0) is 0 Å². The molecule has 1 rings (SSSR count). The van der Waals surface area contributed by atoms with Crippen LogP contribution in [0.4, 0.5) is 0 Å². The fourth-order valence-corrected chi connectivity index (χ4v) is 3.17. The van der Waals surface area contributed by atoms with Crippen LogP contribution in [0.3, 0.4) is 0 Å². The zero-order chi connectivity index (χ0) is 20.6. The van der Waals surface area contributed by atoms with Gasteiger partial charge in [0.05, 0.1) is 11.6 Å². The SMILES string of the molecule is CC/C=C(\NC(C)[C@@H](C)C/C=C(\CC)C(C)(C)C)c1cc(C#N)ccc1O. The minimum atomic E-state index is 0.196. The van der Waals surface area contributed by atoms with Gasteiger partial charge in [-0.2, -0.15) is 5.26 Å². The van der Waals surface area contributed by atoms with Gasteiger partial charge in [0.25, 0.3) is 0 Å². The molecule has 0 fully saturated rings. The van der Waals surface area contributed by atoms with Gasteiger partial charge in [0.1, 0.15) is 5.75 Å². The van der Waals surface area contributed by atoms with Crippen molar-refractivity contribution >= 4 is 5.70 Å². The van der Waals surface area contributed by atoms with Gasteiger partial charge in [-0.05, 0) is 55.7 Å². The van der Waals surface area contributed by atoms with Gasteiger partial charge < -0.3 is 10.4 Å². The van der Waals surface area contributed by atoms with E-state index in [0.29, 0.717) is 17.0 Å². The summed E-state index contributed by atoms with van der Waals surface area (Å²) in [6.45, 7) is 15.5. The summed E-state index contributed by atoms with van der Waals surface area (Å²) in [5, 5.41) is 23.0. The fraction of sp³-hybridized carbons (Fsp3) is 0.542. The molecule has 0 spiro atoms. The Morgan fingerprint density at radius 1 is 1.22 bits per heavy atom. The number of aromatic hydroxyl groups is 1. The van der Waals surface area contributed by atoms with Gasteiger partial charge in [0, 0.05) is 17.3 Å². The van der Waals surface area contributed by atoms with E-state index in [4.69, 9.17) is 5.26 Å². The zero-order valence-corrected chi connectivity index (χ0v) is 18.1. The highest BCUT2D eigenvalue weighted by molar-refractivity contribution is 5.70. The maximum atomic E-state index is 10.3. The molecular weight excluding hydrogens is 332 g/mol. The summed E-state index contributed by atoms with van der Waals surface area (Å²) < 4.78 is 0. The molecule has 0 aliphatic carbocycles. The number of allylic oxidation sites excluding steroid dienone is 3. The molecule has 0 amide bonds. The molecule has 2 N–H and O–H groups in total. The van der Waals surface area contributed by atoms with Crippen LogP contribution in [0.2, 0.25) is 0 Å². The van der Waals surface area contributed by atoms with Crippen LogP contribution in [-0.4, -0.2) is 11.1 Å². The first-order valence-electron chi connectivity index (χ1n) is 10.0. The predicted octanol–water partition coefficient (Wildman–Crippen LogP) is 6.40. The summed E-state index contributed by atoms with van der Waals surface area (Å²) in [4.78, 5) is 0. The van der Waals surface area contributed by atoms with Crippen molar-refractivity contribution in [3.63, 3.8) is 0 Å². The second-order valence-corrected chi connectivity index (χ2v) is 8.35. The maximum absolute atomic E-state index is 10.3. The molecule has 1 aromatic rings. The van der Waals surface area contributed by atoms with Gasteiger partial charge in [-0.25, -0.2) is 0 Å². The summed E-state index contributed by atoms with van der Waals surface area (Å²) in [7, 11) is 0.